The maximum absolute atomic E-state index is 11.1. The summed E-state index contributed by atoms with van der Waals surface area (Å²) in [4.78, 5) is 21.9. The van der Waals surface area contributed by atoms with E-state index in [-0.39, 0.29) is 41.3 Å². The molecule has 63 heavy (non-hydrogen) atoms. The number of carbonyl (C=O) groups excluding carboxylic acids is 2. The van der Waals surface area contributed by atoms with Crippen LogP contribution in [-0.2, 0) is 40.5 Å². The van der Waals surface area contributed by atoms with Gasteiger partial charge in [-0.1, -0.05) is 146 Å². The minimum Gasteiger partial charge on any atom is -0.537 e. The number of sulfonamides is 2. The third-order valence-electron chi connectivity index (χ3n) is 9.57. The molecule has 10 rings (SSSR count). The van der Waals surface area contributed by atoms with E-state index in [9.17, 15) is 26.4 Å². The number of fused-ring (bicyclic) bond motifs is 2. The molecule has 0 unspecified atom stereocenters. The maximum atomic E-state index is 11.1. The number of carbonyl (C=O) groups is 2. The van der Waals surface area contributed by atoms with E-state index in [1.54, 1.807) is 24.3 Å². The van der Waals surface area contributed by atoms with Crippen LogP contribution >= 0.6 is 15.8 Å². The van der Waals surface area contributed by atoms with Crippen LogP contribution in [0.5, 0.6) is 0 Å². The summed E-state index contributed by atoms with van der Waals surface area (Å²) in [6, 6.07) is 77.0. The normalized spacial score (nSPS) is 13.4. The van der Waals surface area contributed by atoms with Crippen molar-refractivity contribution in [1.82, 2.24) is 0 Å². The van der Waals surface area contributed by atoms with E-state index in [4.69, 9.17) is 0 Å². The number of nitrogens with zero attached hydrogens (tertiary/aromatic N) is 2. The zero-order chi connectivity index (χ0) is 43.4. The molecule has 0 fully saturated rings. The SMILES string of the molecule is O=C1[N-]S(=O)(=O)c2ccccc21.O=C1[N-]S(=O)(=O)c2ccccc21.[Pd+2].c1ccc([PH+](c2ccccc2)c2ccccc2)cc1.c1ccc([PH+](c2ccccc2)c2ccccc2)cc1. The van der Waals surface area contributed by atoms with Crippen LogP contribution in [-0.4, -0.2) is 28.6 Å². The zero-order valence-electron chi connectivity index (χ0n) is 33.4. The average molecular weight is 997 g/mol. The van der Waals surface area contributed by atoms with E-state index in [1.165, 1.54) is 56.1 Å². The van der Waals surface area contributed by atoms with Gasteiger partial charge in [0.05, 0.1) is 37.4 Å². The van der Waals surface area contributed by atoms with Crippen molar-refractivity contribution in [1.29, 1.82) is 0 Å². The Morgan fingerprint density at radius 3 is 0.683 bits per heavy atom. The van der Waals surface area contributed by atoms with Crippen LogP contribution in [0.15, 0.2) is 240 Å². The van der Waals surface area contributed by atoms with Gasteiger partial charge in [-0.25, -0.2) is 16.8 Å². The molecule has 0 spiro atoms. The first-order chi connectivity index (χ1) is 30.1. The first kappa shape index (κ1) is 46.6. The maximum Gasteiger partial charge on any atom is 2.00 e. The summed E-state index contributed by atoms with van der Waals surface area (Å²) < 4.78 is 50.3. The fraction of sp³-hybridized carbons (Fsp3) is 0. The van der Waals surface area contributed by atoms with Gasteiger partial charge in [0.2, 0.25) is 0 Å². The first-order valence-electron chi connectivity index (χ1n) is 19.4. The Hall–Kier alpha value is -5.88. The second-order valence-corrected chi connectivity index (χ2v) is 21.8. The Labute approximate surface area is 384 Å². The van der Waals surface area contributed by atoms with Crippen molar-refractivity contribution >= 4 is 79.5 Å². The van der Waals surface area contributed by atoms with Crippen molar-refractivity contribution in [2.24, 2.45) is 0 Å². The van der Waals surface area contributed by atoms with Crippen LogP contribution in [0.4, 0.5) is 0 Å². The average Bonchev–Trinajstić information content (AvgIpc) is 3.70. The van der Waals surface area contributed by atoms with Crippen LogP contribution in [0.2, 0.25) is 0 Å². The second kappa shape index (κ2) is 22.0. The van der Waals surface area contributed by atoms with Crippen molar-refractivity contribution < 1.29 is 46.8 Å². The number of amides is 2. The first-order valence-corrected chi connectivity index (χ1v) is 25.3. The minimum absolute atomic E-state index is 0. The Kier molecular flexibility index (Phi) is 16.3. The predicted molar refractivity (Wildman–Crippen MR) is 256 cm³/mol. The summed E-state index contributed by atoms with van der Waals surface area (Å²) in [5.74, 6) is -1.35. The molecule has 316 valence electrons. The quantitative estimate of drug-likeness (QED) is 0.122. The van der Waals surface area contributed by atoms with Gasteiger partial charge in [-0.05, 0) is 84.9 Å². The molecule has 0 aromatic heterocycles. The molecule has 2 heterocycles. The van der Waals surface area contributed by atoms with E-state index >= 15 is 0 Å². The van der Waals surface area contributed by atoms with Crippen molar-refractivity contribution in [3.05, 3.63) is 251 Å². The molecule has 0 N–H and O–H groups in total. The van der Waals surface area contributed by atoms with Gasteiger partial charge < -0.3 is 19.0 Å². The van der Waals surface area contributed by atoms with Gasteiger partial charge in [0.1, 0.15) is 51.9 Å². The Morgan fingerprint density at radius 1 is 0.286 bits per heavy atom. The molecule has 13 heteroatoms. The summed E-state index contributed by atoms with van der Waals surface area (Å²) in [6.45, 7) is 0. The van der Waals surface area contributed by atoms with Crippen molar-refractivity contribution in [2.75, 3.05) is 0 Å². The zero-order valence-corrected chi connectivity index (χ0v) is 38.6. The molecule has 8 aromatic carbocycles. The smallest absolute Gasteiger partial charge is 0.537 e. The Morgan fingerprint density at radius 2 is 0.476 bits per heavy atom. The molecular weight excluding hydrogens is 957 g/mol. The molecule has 8 aromatic rings. The summed E-state index contributed by atoms with van der Waals surface area (Å²) in [5, 5.41) is 8.61. The summed E-state index contributed by atoms with van der Waals surface area (Å²) >= 11 is 0. The van der Waals surface area contributed by atoms with Gasteiger partial charge in [-0.2, -0.15) is 0 Å². The van der Waals surface area contributed by atoms with Crippen molar-refractivity contribution in [3.8, 4) is 0 Å². The van der Waals surface area contributed by atoms with E-state index in [1.807, 2.05) is 0 Å². The van der Waals surface area contributed by atoms with Crippen molar-refractivity contribution in [2.45, 2.75) is 9.79 Å². The third kappa shape index (κ3) is 11.8. The molecule has 0 saturated carbocycles. The van der Waals surface area contributed by atoms with Crippen LogP contribution in [0.1, 0.15) is 20.7 Å². The molecule has 0 bridgehead atoms. The molecule has 0 saturated heterocycles. The number of benzene rings is 8. The number of hydrogen-bond acceptors (Lipinski definition) is 6. The van der Waals surface area contributed by atoms with Crippen LogP contribution < -0.4 is 31.8 Å². The molecular formula is C50H40N2O6P2PdS2+2. The molecule has 2 aliphatic rings. The number of hydrogen-bond donors (Lipinski definition) is 0. The fourth-order valence-electron chi connectivity index (χ4n) is 6.78. The van der Waals surface area contributed by atoms with Gasteiger partial charge in [-0.15, -0.1) is 0 Å². The molecule has 0 radical (unpaired) electrons. The summed E-state index contributed by atoms with van der Waals surface area (Å²) in [7, 11) is -9.11. The fourth-order valence-corrected chi connectivity index (χ4v) is 14.1. The molecule has 2 aliphatic heterocycles. The molecule has 8 nitrogen and oxygen atoms in total. The van der Waals surface area contributed by atoms with Crippen molar-refractivity contribution in [3.63, 3.8) is 0 Å². The van der Waals surface area contributed by atoms with Gasteiger partial charge in [0.25, 0.3) is 0 Å². The van der Waals surface area contributed by atoms with E-state index < -0.39 is 47.7 Å². The second-order valence-electron chi connectivity index (χ2n) is 13.7. The van der Waals surface area contributed by atoms with Gasteiger partial charge in [-0.3, -0.25) is 0 Å². The Bertz CT molecular complexity index is 2580. The van der Waals surface area contributed by atoms with E-state index in [0.717, 1.165) is 0 Å². The third-order valence-corrected chi connectivity index (χ3v) is 17.7. The molecule has 2 amide bonds. The topological polar surface area (TPSA) is 131 Å². The molecule has 0 aliphatic carbocycles. The van der Waals surface area contributed by atoms with Crippen LogP contribution in [0.3, 0.4) is 0 Å². The largest absolute Gasteiger partial charge is 2.00 e. The van der Waals surface area contributed by atoms with Gasteiger partial charge in [0.15, 0.2) is 0 Å². The van der Waals surface area contributed by atoms with Crippen LogP contribution in [0, 0.1) is 0 Å². The Balaban J connectivity index is 0.000000142. The number of rotatable bonds is 6. The minimum atomic E-state index is -3.68. The van der Waals surface area contributed by atoms with E-state index in [2.05, 4.69) is 191 Å². The molecule has 0 atom stereocenters. The standard InChI is InChI=1S/2C18H15P.2C7H5NO3S.Pd/c2*1-4-10-16(11-5-1)19(17-12-6-2-7-13-17)18-14-8-3-9-15-18;2*9-7-5-3-1-2-4-6(5)12(10,11)8-7;/h2*1-15H;2*1-4H,(H,8,9);/q;;;;+2. The van der Waals surface area contributed by atoms with Gasteiger partial charge in [0, 0.05) is 11.1 Å². The van der Waals surface area contributed by atoms with Gasteiger partial charge >= 0.3 is 20.4 Å². The summed E-state index contributed by atoms with van der Waals surface area (Å²) in [5.41, 5.74) is 0.329. The summed E-state index contributed by atoms with van der Waals surface area (Å²) in [6.07, 6.45) is 0. The van der Waals surface area contributed by atoms with E-state index in [0.29, 0.717) is 0 Å². The van der Waals surface area contributed by atoms with Crippen LogP contribution in [0.25, 0.3) is 9.44 Å². The predicted octanol–water partition coefficient (Wildman–Crippen LogP) is 8.16. The monoisotopic (exact) mass is 996 g/mol.